The summed E-state index contributed by atoms with van der Waals surface area (Å²) in [6, 6.07) is 14.7. The van der Waals surface area contributed by atoms with E-state index >= 15 is 0 Å². The second-order valence-corrected chi connectivity index (χ2v) is 7.46. The summed E-state index contributed by atoms with van der Waals surface area (Å²) in [5.74, 6) is -2.26. The Balaban J connectivity index is 2.01. The topological polar surface area (TPSA) is 86.7 Å². The Kier molecular flexibility index (Phi) is 6.64. The summed E-state index contributed by atoms with van der Waals surface area (Å²) in [6.45, 7) is 7.13. The van der Waals surface area contributed by atoms with Crippen LogP contribution in [0.3, 0.4) is 0 Å². The molecule has 0 heterocycles. The fraction of sp³-hybridized carbons (Fsp3) is 0.154. The molecule has 32 heavy (non-hydrogen) atoms. The number of hydrogen-bond acceptors (Lipinski definition) is 6. The number of aryl methyl sites for hydroxylation is 4. The molecule has 162 valence electrons. The van der Waals surface area contributed by atoms with Gasteiger partial charge < -0.3 is 9.47 Å². The Labute approximate surface area is 185 Å². The first-order valence-electron chi connectivity index (χ1n) is 9.93. The highest BCUT2D eigenvalue weighted by Gasteiger charge is 2.22. The van der Waals surface area contributed by atoms with Crippen molar-refractivity contribution in [2.75, 3.05) is 0 Å². The number of aldehydes is 1. The zero-order chi connectivity index (χ0) is 23.4. The molecule has 6 nitrogen and oxygen atoms in total. The van der Waals surface area contributed by atoms with E-state index in [2.05, 4.69) is 0 Å². The normalized spacial score (nSPS) is 10.4. The van der Waals surface area contributed by atoms with Gasteiger partial charge in [-0.05, 0) is 68.1 Å². The Bertz CT molecular complexity index is 1200. The highest BCUT2D eigenvalue weighted by atomic mass is 16.6. The standard InChI is InChI=1S/C26H22O6/c1-15-7-5-8-16(2)23(15)25(29)31-21-12-11-19(20(28)14-27)13-22(21)32-26(30)24-17(3)9-6-10-18(24)4/h5-14H,1-4H3. The summed E-state index contributed by atoms with van der Waals surface area (Å²) >= 11 is 0. The first kappa shape index (κ1) is 22.6. The summed E-state index contributed by atoms with van der Waals surface area (Å²) in [6.07, 6.45) is 0.162. The van der Waals surface area contributed by atoms with Crippen LogP contribution in [0.4, 0.5) is 0 Å². The van der Waals surface area contributed by atoms with E-state index in [0.717, 1.165) is 11.1 Å². The molecule has 3 rings (SSSR count). The molecule has 0 saturated carbocycles. The third-order valence-corrected chi connectivity index (χ3v) is 5.11. The smallest absolute Gasteiger partial charge is 0.344 e. The van der Waals surface area contributed by atoms with Crippen LogP contribution < -0.4 is 9.47 Å². The minimum atomic E-state index is -0.790. The van der Waals surface area contributed by atoms with Crippen molar-refractivity contribution in [2.24, 2.45) is 0 Å². The molecule has 0 saturated heterocycles. The number of carbonyl (C=O) groups is 4. The van der Waals surface area contributed by atoms with Crippen molar-refractivity contribution in [1.82, 2.24) is 0 Å². The fourth-order valence-corrected chi connectivity index (χ4v) is 3.47. The minimum absolute atomic E-state index is 0.0103. The molecule has 3 aromatic carbocycles. The van der Waals surface area contributed by atoms with Crippen molar-refractivity contribution in [3.8, 4) is 11.5 Å². The van der Waals surface area contributed by atoms with Crippen molar-refractivity contribution < 1.29 is 28.7 Å². The molecule has 0 aliphatic heterocycles. The Morgan fingerprint density at radius 1 is 0.656 bits per heavy atom. The van der Waals surface area contributed by atoms with Crippen molar-refractivity contribution in [1.29, 1.82) is 0 Å². The SMILES string of the molecule is Cc1cccc(C)c1C(=O)Oc1ccc(C(=O)C=O)cc1OC(=O)c1c(C)cccc1C. The number of carbonyl (C=O) groups excluding carboxylic acids is 4. The number of esters is 2. The van der Waals surface area contributed by atoms with Gasteiger partial charge in [-0.15, -0.1) is 0 Å². The molecule has 0 amide bonds. The van der Waals surface area contributed by atoms with E-state index in [1.54, 1.807) is 52.0 Å². The molecule has 0 bridgehead atoms. The van der Waals surface area contributed by atoms with Crippen LogP contribution in [0.25, 0.3) is 0 Å². The Hall–Kier alpha value is -4.06. The summed E-state index contributed by atoms with van der Waals surface area (Å²) in [4.78, 5) is 48.6. The van der Waals surface area contributed by atoms with E-state index in [0.29, 0.717) is 22.3 Å². The van der Waals surface area contributed by atoms with E-state index in [1.807, 2.05) is 12.1 Å². The number of hydrogen-bond donors (Lipinski definition) is 0. The van der Waals surface area contributed by atoms with Crippen molar-refractivity contribution >= 4 is 24.0 Å². The van der Waals surface area contributed by atoms with E-state index in [4.69, 9.17) is 9.47 Å². The first-order valence-corrected chi connectivity index (χ1v) is 9.93. The molecule has 3 aromatic rings. The van der Waals surface area contributed by atoms with Crippen LogP contribution in [0.5, 0.6) is 11.5 Å². The van der Waals surface area contributed by atoms with Gasteiger partial charge in [0.25, 0.3) is 0 Å². The number of ketones is 1. The number of Topliss-reactive ketones (excluding diaryl/α,β-unsaturated/α-hetero) is 1. The van der Waals surface area contributed by atoms with E-state index < -0.39 is 17.7 Å². The van der Waals surface area contributed by atoms with Crippen LogP contribution in [0, 0.1) is 27.7 Å². The summed E-state index contributed by atoms with van der Waals surface area (Å²) < 4.78 is 11.1. The fourth-order valence-electron chi connectivity index (χ4n) is 3.47. The van der Waals surface area contributed by atoms with Gasteiger partial charge in [-0.2, -0.15) is 0 Å². The lowest BCUT2D eigenvalue weighted by Gasteiger charge is -2.14. The van der Waals surface area contributed by atoms with Crippen LogP contribution in [0.1, 0.15) is 53.3 Å². The van der Waals surface area contributed by atoms with E-state index in [1.165, 1.54) is 18.2 Å². The van der Waals surface area contributed by atoms with Crippen LogP contribution in [-0.4, -0.2) is 24.0 Å². The summed E-state index contributed by atoms with van der Waals surface area (Å²) in [7, 11) is 0. The lowest BCUT2D eigenvalue weighted by atomic mass is 10.0. The average molecular weight is 430 g/mol. The van der Waals surface area contributed by atoms with E-state index in [9.17, 15) is 19.2 Å². The van der Waals surface area contributed by atoms with Crippen LogP contribution in [0.2, 0.25) is 0 Å². The van der Waals surface area contributed by atoms with Crippen LogP contribution in [0.15, 0.2) is 54.6 Å². The molecule has 0 aliphatic rings. The Morgan fingerprint density at radius 3 is 1.53 bits per heavy atom. The molecular formula is C26H22O6. The van der Waals surface area contributed by atoms with Gasteiger partial charge in [0.2, 0.25) is 5.78 Å². The predicted octanol–water partition coefficient (Wildman–Crippen LogP) is 4.74. The maximum Gasteiger partial charge on any atom is 0.344 e. The Morgan fingerprint density at radius 2 is 1.09 bits per heavy atom. The van der Waals surface area contributed by atoms with Gasteiger partial charge in [0.15, 0.2) is 17.8 Å². The van der Waals surface area contributed by atoms with Crippen molar-refractivity contribution in [3.05, 3.63) is 93.5 Å². The molecule has 0 aromatic heterocycles. The van der Waals surface area contributed by atoms with Crippen molar-refractivity contribution in [3.63, 3.8) is 0 Å². The zero-order valence-electron chi connectivity index (χ0n) is 18.2. The maximum absolute atomic E-state index is 12.9. The molecule has 6 heteroatoms. The molecular weight excluding hydrogens is 408 g/mol. The lowest BCUT2D eigenvalue weighted by molar-refractivity contribution is -0.104. The highest BCUT2D eigenvalue weighted by Crippen LogP contribution is 2.31. The third kappa shape index (κ3) is 4.64. The molecule has 0 unspecified atom stereocenters. The summed E-state index contributed by atoms with van der Waals surface area (Å²) in [5, 5.41) is 0. The van der Waals surface area contributed by atoms with Crippen LogP contribution in [-0.2, 0) is 4.79 Å². The third-order valence-electron chi connectivity index (χ3n) is 5.11. The highest BCUT2D eigenvalue weighted by molar-refractivity contribution is 6.33. The number of benzene rings is 3. The molecule has 0 radical (unpaired) electrons. The van der Waals surface area contributed by atoms with E-state index in [-0.39, 0.29) is 23.3 Å². The number of ether oxygens (including phenoxy) is 2. The van der Waals surface area contributed by atoms with Gasteiger partial charge in [0, 0.05) is 5.56 Å². The van der Waals surface area contributed by atoms with Gasteiger partial charge in [0.05, 0.1) is 11.1 Å². The zero-order valence-corrected chi connectivity index (χ0v) is 18.2. The molecule has 0 atom stereocenters. The van der Waals surface area contributed by atoms with Crippen LogP contribution >= 0.6 is 0 Å². The minimum Gasteiger partial charge on any atom is -0.419 e. The quantitative estimate of drug-likeness (QED) is 0.185. The van der Waals surface area contributed by atoms with Gasteiger partial charge in [-0.25, -0.2) is 9.59 Å². The molecule has 0 spiro atoms. The average Bonchev–Trinajstić information content (AvgIpc) is 2.74. The van der Waals surface area contributed by atoms with Gasteiger partial charge in [-0.3, -0.25) is 9.59 Å². The first-order chi connectivity index (χ1) is 15.2. The second kappa shape index (κ2) is 9.39. The number of rotatable bonds is 6. The van der Waals surface area contributed by atoms with Crippen molar-refractivity contribution in [2.45, 2.75) is 27.7 Å². The monoisotopic (exact) mass is 430 g/mol. The van der Waals surface area contributed by atoms with Gasteiger partial charge >= 0.3 is 11.9 Å². The second-order valence-electron chi connectivity index (χ2n) is 7.46. The lowest BCUT2D eigenvalue weighted by Crippen LogP contribution is -2.16. The largest absolute Gasteiger partial charge is 0.419 e. The summed E-state index contributed by atoms with van der Waals surface area (Å²) in [5.41, 5.74) is 3.66. The van der Waals surface area contributed by atoms with Gasteiger partial charge in [-0.1, -0.05) is 36.4 Å². The van der Waals surface area contributed by atoms with Gasteiger partial charge in [0.1, 0.15) is 0 Å². The molecule has 0 N–H and O–H groups in total. The molecule has 0 fully saturated rings. The predicted molar refractivity (Wildman–Crippen MR) is 119 cm³/mol. The maximum atomic E-state index is 12.9. The molecule has 0 aliphatic carbocycles.